The van der Waals surface area contributed by atoms with Gasteiger partial charge in [-0.2, -0.15) is 0 Å². The van der Waals surface area contributed by atoms with Crippen LogP contribution in [0.3, 0.4) is 0 Å². The van der Waals surface area contributed by atoms with Crippen molar-refractivity contribution in [3.05, 3.63) is 17.6 Å². The molecule has 2 saturated heterocycles. The zero-order chi connectivity index (χ0) is 17.9. The molecule has 1 aromatic rings. The van der Waals surface area contributed by atoms with Crippen molar-refractivity contribution < 1.29 is 9.53 Å². The van der Waals surface area contributed by atoms with Crippen LogP contribution in [0.2, 0.25) is 0 Å². The molecule has 0 unspecified atom stereocenters. The van der Waals surface area contributed by atoms with Crippen molar-refractivity contribution in [1.29, 1.82) is 0 Å². The van der Waals surface area contributed by atoms with Crippen molar-refractivity contribution in [2.45, 2.75) is 25.7 Å². The minimum absolute atomic E-state index is 0.0444. The summed E-state index contributed by atoms with van der Waals surface area (Å²) in [7, 11) is 2.18. The number of carbonyl (C=O) groups excluding carboxylic acids is 1. The Morgan fingerprint density at radius 3 is 2.85 bits per heavy atom. The van der Waals surface area contributed by atoms with Gasteiger partial charge in [-0.05, 0) is 32.9 Å². The summed E-state index contributed by atoms with van der Waals surface area (Å²) in [5.41, 5.74) is 2.36. The first-order chi connectivity index (χ1) is 12.7. The number of ether oxygens (including phenoxy) is 1. The van der Waals surface area contributed by atoms with E-state index in [1.54, 1.807) is 6.33 Å². The van der Waals surface area contributed by atoms with E-state index >= 15 is 0 Å². The maximum absolute atomic E-state index is 12.8. The highest BCUT2D eigenvalue weighted by Gasteiger charge is 2.30. The summed E-state index contributed by atoms with van der Waals surface area (Å²) in [4.78, 5) is 28.8. The first kappa shape index (κ1) is 17.7. The molecule has 0 saturated carbocycles. The minimum atomic E-state index is 0.0444. The van der Waals surface area contributed by atoms with Crippen LogP contribution < -0.4 is 4.90 Å². The molecule has 0 aromatic carbocycles. The molecule has 1 amide bonds. The molecule has 7 nitrogen and oxygen atoms in total. The zero-order valence-electron chi connectivity index (χ0n) is 15.7. The Morgan fingerprint density at radius 2 is 2.00 bits per heavy atom. The molecule has 2 fully saturated rings. The summed E-state index contributed by atoms with van der Waals surface area (Å²) >= 11 is 0. The maximum atomic E-state index is 12.8. The standard InChI is InChI=1S/C19H29N5O2/c1-22-6-2-7-23(11-10-22)18-16-3-8-24(9-4-17(16)20-14-21-18)19(25)15-5-12-26-13-15/h14-15H,2-13H2,1H3/t15-/m1/s1. The average molecular weight is 359 g/mol. The van der Waals surface area contributed by atoms with E-state index in [9.17, 15) is 4.79 Å². The number of fused-ring (bicyclic) bond motifs is 1. The van der Waals surface area contributed by atoms with Crippen LogP contribution in [0.5, 0.6) is 0 Å². The van der Waals surface area contributed by atoms with E-state index in [4.69, 9.17) is 4.74 Å². The van der Waals surface area contributed by atoms with Gasteiger partial charge < -0.3 is 19.4 Å². The van der Waals surface area contributed by atoms with E-state index in [-0.39, 0.29) is 11.8 Å². The van der Waals surface area contributed by atoms with E-state index < -0.39 is 0 Å². The number of aromatic nitrogens is 2. The molecular formula is C19H29N5O2. The molecule has 0 bridgehead atoms. The van der Waals surface area contributed by atoms with Gasteiger partial charge in [-0.3, -0.25) is 4.79 Å². The Morgan fingerprint density at radius 1 is 1.12 bits per heavy atom. The second-order valence-electron chi connectivity index (χ2n) is 7.65. The number of likely N-dealkylation sites (N-methyl/N-ethyl adjacent to an activating group) is 1. The van der Waals surface area contributed by atoms with E-state index in [1.807, 2.05) is 4.90 Å². The lowest BCUT2D eigenvalue weighted by Crippen LogP contribution is -2.38. The predicted octanol–water partition coefficient (Wildman–Crippen LogP) is 0.582. The van der Waals surface area contributed by atoms with Crippen LogP contribution >= 0.6 is 0 Å². The largest absolute Gasteiger partial charge is 0.381 e. The molecule has 0 radical (unpaired) electrons. The molecule has 0 aliphatic carbocycles. The summed E-state index contributed by atoms with van der Waals surface area (Å²) in [6.45, 7) is 7.04. The number of carbonyl (C=O) groups is 1. The molecule has 4 heterocycles. The summed E-state index contributed by atoms with van der Waals surface area (Å²) in [6.07, 6.45) is 5.37. The van der Waals surface area contributed by atoms with E-state index in [0.29, 0.717) is 13.2 Å². The molecule has 0 N–H and O–H groups in total. The predicted molar refractivity (Wildman–Crippen MR) is 99.3 cm³/mol. The zero-order valence-corrected chi connectivity index (χ0v) is 15.7. The Hall–Kier alpha value is -1.73. The third-order valence-electron chi connectivity index (χ3n) is 5.87. The molecule has 142 valence electrons. The third kappa shape index (κ3) is 3.69. The monoisotopic (exact) mass is 359 g/mol. The van der Waals surface area contributed by atoms with Gasteiger partial charge in [0.15, 0.2) is 0 Å². The molecular weight excluding hydrogens is 330 g/mol. The van der Waals surface area contributed by atoms with Gasteiger partial charge in [-0.25, -0.2) is 9.97 Å². The Balaban J connectivity index is 1.50. The van der Waals surface area contributed by atoms with E-state index in [1.165, 1.54) is 5.56 Å². The van der Waals surface area contributed by atoms with Crippen LogP contribution in [-0.4, -0.2) is 85.2 Å². The molecule has 26 heavy (non-hydrogen) atoms. The number of hydrogen-bond donors (Lipinski definition) is 0. The van der Waals surface area contributed by atoms with Gasteiger partial charge in [0.25, 0.3) is 0 Å². The summed E-state index contributed by atoms with van der Waals surface area (Å²) in [5, 5.41) is 0. The van der Waals surface area contributed by atoms with E-state index in [0.717, 1.165) is 76.5 Å². The van der Waals surface area contributed by atoms with Crippen molar-refractivity contribution in [1.82, 2.24) is 19.8 Å². The fourth-order valence-corrected chi connectivity index (χ4v) is 4.25. The van der Waals surface area contributed by atoms with Crippen LogP contribution in [0, 0.1) is 5.92 Å². The lowest BCUT2D eigenvalue weighted by atomic mass is 10.1. The Labute approximate surface area is 155 Å². The van der Waals surface area contributed by atoms with Crippen molar-refractivity contribution in [3.8, 4) is 0 Å². The van der Waals surface area contributed by atoms with Gasteiger partial charge in [0.05, 0.1) is 18.2 Å². The highest BCUT2D eigenvalue weighted by molar-refractivity contribution is 5.79. The summed E-state index contributed by atoms with van der Waals surface area (Å²) < 4.78 is 5.40. The SMILES string of the molecule is CN1CCCN(c2ncnc3c2CCN(C(=O)[C@@H]2CCOC2)CC3)CC1. The van der Waals surface area contributed by atoms with Gasteiger partial charge in [0.1, 0.15) is 12.1 Å². The molecule has 0 spiro atoms. The normalized spacial score (nSPS) is 24.9. The van der Waals surface area contributed by atoms with Crippen LogP contribution in [0.4, 0.5) is 5.82 Å². The Kier molecular flexibility index (Phi) is 5.36. The third-order valence-corrected chi connectivity index (χ3v) is 5.87. The maximum Gasteiger partial charge on any atom is 0.228 e. The smallest absolute Gasteiger partial charge is 0.228 e. The van der Waals surface area contributed by atoms with Crippen molar-refractivity contribution >= 4 is 11.7 Å². The fourth-order valence-electron chi connectivity index (χ4n) is 4.25. The van der Waals surface area contributed by atoms with Crippen LogP contribution in [0.1, 0.15) is 24.1 Å². The average Bonchev–Trinajstić information content (AvgIpc) is 2.99. The number of anilines is 1. The molecule has 3 aliphatic heterocycles. The molecule has 1 aromatic heterocycles. The van der Waals surface area contributed by atoms with Gasteiger partial charge in [0.2, 0.25) is 5.91 Å². The fraction of sp³-hybridized carbons (Fsp3) is 0.737. The lowest BCUT2D eigenvalue weighted by molar-refractivity contribution is -0.135. The lowest BCUT2D eigenvalue weighted by Gasteiger charge is -2.25. The number of rotatable bonds is 2. The van der Waals surface area contributed by atoms with Crippen molar-refractivity contribution in [2.24, 2.45) is 5.92 Å². The number of amides is 1. The number of hydrogen-bond acceptors (Lipinski definition) is 6. The van der Waals surface area contributed by atoms with Crippen LogP contribution in [0.25, 0.3) is 0 Å². The topological polar surface area (TPSA) is 61.8 Å². The first-order valence-corrected chi connectivity index (χ1v) is 9.85. The highest BCUT2D eigenvalue weighted by Crippen LogP contribution is 2.26. The molecule has 3 aliphatic rings. The first-order valence-electron chi connectivity index (χ1n) is 9.85. The molecule has 4 rings (SSSR count). The minimum Gasteiger partial charge on any atom is -0.381 e. The highest BCUT2D eigenvalue weighted by atomic mass is 16.5. The van der Waals surface area contributed by atoms with E-state index in [2.05, 4.69) is 26.8 Å². The second-order valence-corrected chi connectivity index (χ2v) is 7.65. The molecule has 7 heteroatoms. The van der Waals surface area contributed by atoms with Crippen molar-refractivity contribution in [3.63, 3.8) is 0 Å². The Bertz CT molecular complexity index is 647. The second kappa shape index (κ2) is 7.88. The summed E-state index contributed by atoms with van der Waals surface area (Å²) in [5.74, 6) is 1.38. The van der Waals surface area contributed by atoms with Crippen LogP contribution in [0.15, 0.2) is 6.33 Å². The molecule has 1 atom stereocenters. The van der Waals surface area contributed by atoms with Gasteiger partial charge in [-0.15, -0.1) is 0 Å². The number of nitrogens with zero attached hydrogens (tertiary/aromatic N) is 5. The van der Waals surface area contributed by atoms with Gasteiger partial charge in [-0.1, -0.05) is 0 Å². The van der Waals surface area contributed by atoms with Gasteiger partial charge in [0, 0.05) is 51.3 Å². The summed E-state index contributed by atoms with van der Waals surface area (Å²) in [6, 6.07) is 0. The van der Waals surface area contributed by atoms with Crippen LogP contribution in [-0.2, 0) is 22.4 Å². The van der Waals surface area contributed by atoms with Gasteiger partial charge >= 0.3 is 0 Å². The quantitative estimate of drug-likeness (QED) is 0.770. The van der Waals surface area contributed by atoms with Crippen molar-refractivity contribution in [2.75, 3.05) is 64.4 Å².